The summed E-state index contributed by atoms with van der Waals surface area (Å²) in [5.41, 5.74) is 2.25. The van der Waals surface area contributed by atoms with E-state index >= 15 is 0 Å². The molecule has 3 rings (SSSR count). The molecule has 2 aliphatic rings. The Bertz CT molecular complexity index is 627. The van der Waals surface area contributed by atoms with Crippen molar-refractivity contribution in [2.45, 2.75) is 84.3 Å². The summed E-state index contributed by atoms with van der Waals surface area (Å²) in [4.78, 5) is 14.3. The lowest BCUT2D eigenvalue weighted by Crippen LogP contribution is -2.40. The Morgan fingerprint density at radius 2 is 1.79 bits per heavy atom. The van der Waals surface area contributed by atoms with Gasteiger partial charge in [0.2, 0.25) is 0 Å². The minimum Gasteiger partial charge on any atom is -0.444 e. The van der Waals surface area contributed by atoms with Gasteiger partial charge in [-0.3, -0.25) is 0 Å². The molecular weight excluding hydrogens is 348 g/mol. The number of ether oxygens (including phenoxy) is 1. The zero-order chi connectivity index (χ0) is 20.1. The molecule has 1 saturated heterocycles. The number of carbonyl (C=O) groups is 1. The van der Waals surface area contributed by atoms with E-state index in [0.29, 0.717) is 0 Å². The number of amides is 1. The third-order valence-electron chi connectivity index (χ3n) is 6.19. The molecule has 1 saturated carbocycles. The van der Waals surface area contributed by atoms with Crippen LogP contribution in [0.25, 0.3) is 0 Å². The van der Waals surface area contributed by atoms with Crippen molar-refractivity contribution < 1.29 is 9.53 Å². The van der Waals surface area contributed by atoms with Crippen molar-refractivity contribution in [1.82, 2.24) is 5.32 Å². The van der Waals surface area contributed by atoms with Gasteiger partial charge in [0.1, 0.15) is 5.60 Å². The molecule has 156 valence electrons. The smallest absolute Gasteiger partial charge is 0.407 e. The van der Waals surface area contributed by atoms with E-state index in [9.17, 15) is 4.79 Å². The Labute approximate surface area is 171 Å². The molecule has 0 aromatic heterocycles. The molecule has 1 amide bonds. The molecule has 1 aromatic carbocycles. The molecule has 1 atom stereocenters. The van der Waals surface area contributed by atoms with Crippen molar-refractivity contribution in [1.29, 1.82) is 0 Å². The summed E-state index contributed by atoms with van der Waals surface area (Å²) in [5.74, 6) is 1.86. The molecule has 4 heteroatoms. The number of nitrogens with zero attached hydrogens (tertiary/aromatic N) is 1. The molecule has 1 N–H and O–H groups in total. The minimum atomic E-state index is -0.450. The normalized spacial score (nSPS) is 25.6. The molecule has 0 radical (unpaired) electrons. The van der Waals surface area contributed by atoms with E-state index < -0.39 is 5.60 Å². The molecule has 1 aliphatic heterocycles. The van der Waals surface area contributed by atoms with Crippen LogP contribution in [0.1, 0.15) is 71.8 Å². The van der Waals surface area contributed by atoms with Gasteiger partial charge in [0.25, 0.3) is 0 Å². The Morgan fingerprint density at radius 1 is 1.11 bits per heavy atom. The summed E-state index contributed by atoms with van der Waals surface area (Å²) in [6.07, 6.45) is 8.83. The van der Waals surface area contributed by atoms with E-state index in [1.165, 1.54) is 49.8 Å². The third-order valence-corrected chi connectivity index (χ3v) is 6.19. The number of nitrogens with one attached hydrogen (secondary N) is 1. The van der Waals surface area contributed by atoms with Gasteiger partial charge in [-0.25, -0.2) is 4.79 Å². The number of anilines is 1. The van der Waals surface area contributed by atoms with Gasteiger partial charge in [-0.15, -0.1) is 0 Å². The quantitative estimate of drug-likeness (QED) is 0.721. The zero-order valence-electron chi connectivity index (χ0n) is 18.2. The van der Waals surface area contributed by atoms with E-state index in [1.54, 1.807) is 0 Å². The van der Waals surface area contributed by atoms with Crippen LogP contribution >= 0.6 is 0 Å². The maximum Gasteiger partial charge on any atom is 0.407 e. The standard InChI is InChI=1S/C24H38N2O2/c1-18-5-7-19(8-6-18)9-10-20-11-13-22(14-12-20)26-16-15-21(17-26)25-23(27)28-24(2,3)4/h11-14,18-19,21H,5-10,15-17H2,1-4H3,(H,25,27). The predicted octanol–water partition coefficient (Wildman–Crippen LogP) is 5.55. The highest BCUT2D eigenvalue weighted by Gasteiger charge is 2.26. The Hall–Kier alpha value is -1.71. The Morgan fingerprint density at radius 3 is 2.43 bits per heavy atom. The highest BCUT2D eigenvalue weighted by atomic mass is 16.6. The maximum atomic E-state index is 12.0. The SMILES string of the molecule is CC1CCC(CCc2ccc(N3CCC(NC(=O)OC(C)(C)C)C3)cc2)CC1. The lowest BCUT2D eigenvalue weighted by molar-refractivity contribution is 0.0509. The largest absolute Gasteiger partial charge is 0.444 e. The lowest BCUT2D eigenvalue weighted by atomic mass is 9.80. The average molecular weight is 387 g/mol. The van der Waals surface area contributed by atoms with Gasteiger partial charge in [-0.05, 0) is 69.6 Å². The van der Waals surface area contributed by atoms with Gasteiger partial charge >= 0.3 is 6.09 Å². The van der Waals surface area contributed by atoms with Crippen LogP contribution in [0.15, 0.2) is 24.3 Å². The third kappa shape index (κ3) is 6.42. The molecule has 4 nitrogen and oxygen atoms in total. The second-order valence-corrected chi connectivity index (χ2v) is 9.91. The number of carbonyl (C=O) groups excluding carboxylic acids is 1. The summed E-state index contributed by atoms with van der Waals surface area (Å²) in [6.45, 7) is 9.89. The topological polar surface area (TPSA) is 41.6 Å². The molecule has 1 aromatic rings. The molecule has 28 heavy (non-hydrogen) atoms. The Balaban J connectivity index is 1.43. The van der Waals surface area contributed by atoms with Gasteiger partial charge in [0.15, 0.2) is 0 Å². The van der Waals surface area contributed by atoms with Crippen molar-refractivity contribution in [3.05, 3.63) is 29.8 Å². The van der Waals surface area contributed by atoms with Crippen LogP contribution in [0.5, 0.6) is 0 Å². The molecule has 1 aliphatic carbocycles. The first kappa shape index (κ1) is 21.0. The van der Waals surface area contributed by atoms with Gasteiger partial charge in [-0.1, -0.05) is 44.7 Å². The van der Waals surface area contributed by atoms with Crippen molar-refractivity contribution in [3.63, 3.8) is 0 Å². The fraction of sp³-hybridized carbons (Fsp3) is 0.708. The number of rotatable bonds is 5. The zero-order valence-corrected chi connectivity index (χ0v) is 18.2. The van der Waals surface area contributed by atoms with Gasteiger partial charge in [0, 0.05) is 18.8 Å². The van der Waals surface area contributed by atoms with Crippen LogP contribution in [-0.2, 0) is 11.2 Å². The fourth-order valence-electron chi connectivity index (χ4n) is 4.45. The number of hydrogen-bond acceptors (Lipinski definition) is 3. The second kappa shape index (κ2) is 9.19. The molecule has 0 bridgehead atoms. The summed E-state index contributed by atoms with van der Waals surface area (Å²) in [5, 5.41) is 3.00. The highest BCUT2D eigenvalue weighted by Crippen LogP contribution is 2.31. The minimum absolute atomic E-state index is 0.156. The van der Waals surface area contributed by atoms with E-state index in [4.69, 9.17) is 4.74 Å². The van der Waals surface area contributed by atoms with Crippen LogP contribution in [0.3, 0.4) is 0 Å². The molecular formula is C24H38N2O2. The monoisotopic (exact) mass is 386 g/mol. The first-order valence-corrected chi connectivity index (χ1v) is 11.1. The van der Waals surface area contributed by atoms with Crippen LogP contribution < -0.4 is 10.2 Å². The van der Waals surface area contributed by atoms with Crippen LogP contribution in [0.4, 0.5) is 10.5 Å². The maximum absolute atomic E-state index is 12.0. The highest BCUT2D eigenvalue weighted by molar-refractivity contribution is 5.68. The van der Waals surface area contributed by atoms with E-state index in [1.807, 2.05) is 20.8 Å². The lowest BCUT2D eigenvalue weighted by Gasteiger charge is -2.26. The molecule has 1 heterocycles. The number of hydrogen-bond donors (Lipinski definition) is 1. The Kier molecular flexibility index (Phi) is 6.90. The summed E-state index contributed by atoms with van der Waals surface area (Å²) in [7, 11) is 0. The molecule has 2 fully saturated rings. The van der Waals surface area contributed by atoms with Crippen molar-refractivity contribution in [3.8, 4) is 0 Å². The van der Waals surface area contributed by atoms with Crippen molar-refractivity contribution in [2.75, 3.05) is 18.0 Å². The van der Waals surface area contributed by atoms with E-state index in [2.05, 4.69) is 41.4 Å². The van der Waals surface area contributed by atoms with Crippen LogP contribution in [0.2, 0.25) is 0 Å². The van der Waals surface area contributed by atoms with Crippen LogP contribution in [-0.4, -0.2) is 30.8 Å². The summed E-state index contributed by atoms with van der Waals surface area (Å²) >= 11 is 0. The van der Waals surface area contributed by atoms with Crippen molar-refractivity contribution in [2.24, 2.45) is 11.8 Å². The fourth-order valence-corrected chi connectivity index (χ4v) is 4.45. The summed E-state index contributed by atoms with van der Waals surface area (Å²) in [6, 6.07) is 9.22. The average Bonchev–Trinajstić information content (AvgIpc) is 3.08. The number of alkyl carbamates (subject to hydrolysis) is 1. The van der Waals surface area contributed by atoms with E-state index in [0.717, 1.165) is 31.3 Å². The molecule has 1 unspecified atom stereocenters. The first-order chi connectivity index (χ1) is 13.3. The van der Waals surface area contributed by atoms with Gasteiger partial charge < -0.3 is 15.0 Å². The first-order valence-electron chi connectivity index (χ1n) is 11.1. The van der Waals surface area contributed by atoms with E-state index in [-0.39, 0.29) is 12.1 Å². The van der Waals surface area contributed by atoms with Crippen LogP contribution in [0, 0.1) is 11.8 Å². The summed E-state index contributed by atoms with van der Waals surface area (Å²) < 4.78 is 5.37. The van der Waals surface area contributed by atoms with Gasteiger partial charge in [-0.2, -0.15) is 0 Å². The second-order valence-electron chi connectivity index (χ2n) is 9.91. The van der Waals surface area contributed by atoms with Crippen molar-refractivity contribution >= 4 is 11.8 Å². The predicted molar refractivity (Wildman–Crippen MR) is 116 cm³/mol. The molecule has 0 spiro atoms. The number of benzene rings is 1. The number of aryl methyl sites for hydroxylation is 1. The van der Waals surface area contributed by atoms with Gasteiger partial charge in [0.05, 0.1) is 6.04 Å².